The molecule has 0 saturated carbocycles. The van der Waals surface area contributed by atoms with Crippen LogP contribution in [0, 0.1) is 5.82 Å². The van der Waals surface area contributed by atoms with Crippen LogP contribution in [0.3, 0.4) is 0 Å². The molecule has 0 bridgehead atoms. The maximum absolute atomic E-state index is 13.2. The second-order valence-electron chi connectivity index (χ2n) is 6.57. The highest BCUT2D eigenvalue weighted by molar-refractivity contribution is 7.80. The standard InChI is InChI=1S/C20H20FN3O2S/c1-13(2)23-17(12-18(25)22-15-6-4-3-5-7-15)19(26)24(20(23)27)16-10-8-14(21)9-11-16/h3-11,13,17H,12H2,1-2H3,(H,22,25). The topological polar surface area (TPSA) is 52.7 Å². The molecule has 7 heteroatoms. The van der Waals surface area contributed by atoms with Gasteiger partial charge >= 0.3 is 0 Å². The minimum absolute atomic E-state index is 0.0241. The Hall–Kier alpha value is -2.80. The van der Waals surface area contributed by atoms with E-state index in [4.69, 9.17) is 12.2 Å². The SMILES string of the molecule is CC(C)N1C(=S)N(c2ccc(F)cc2)C(=O)C1CC(=O)Nc1ccccc1. The minimum Gasteiger partial charge on any atom is -0.333 e. The molecule has 1 N–H and O–H groups in total. The van der Waals surface area contributed by atoms with E-state index in [-0.39, 0.29) is 24.3 Å². The van der Waals surface area contributed by atoms with Gasteiger partial charge in [-0.1, -0.05) is 18.2 Å². The van der Waals surface area contributed by atoms with Crippen molar-refractivity contribution in [2.45, 2.75) is 32.4 Å². The lowest BCUT2D eigenvalue weighted by Gasteiger charge is -2.27. The second-order valence-corrected chi connectivity index (χ2v) is 6.93. The molecule has 1 unspecified atom stereocenters. The molecular formula is C20H20FN3O2S. The Morgan fingerprint density at radius 1 is 1.15 bits per heavy atom. The summed E-state index contributed by atoms with van der Waals surface area (Å²) in [7, 11) is 0. The Balaban J connectivity index is 1.82. The number of para-hydroxylation sites is 1. The first-order valence-corrected chi connectivity index (χ1v) is 9.06. The van der Waals surface area contributed by atoms with Crippen molar-refractivity contribution in [2.24, 2.45) is 0 Å². The number of carbonyl (C=O) groups is 2. The van der Waals surface area contributed by atoms with Gasteiger partial charge in [0.15, 0.2) is 5.11 Å². The fraction of sp³-hybridized carbons (Fsp3) is 0.250. The molecule has 27 heavy (non-hydrogen) atoms. The lowest BCUT2D eigenvalue weighted by molar-refractivity contribution is -0.124. The van der Waals surface area contributed by atoms with Crippen LogP contribution in [0.25, 0.3) is 0 Å². The van der Waals surface area contributed by atoms with E-state index < -0.39 is 11.9 Å². The molecule has 0 aliphatic carbocycles. The molecule has 1 atom stereocenters. The highest BCUT2D eigenvalue weighted by atomic mass is 32.1. The average molecular weight is 385 g/mol. The summed E-state index contributed by atoms with van der Waals surface area (Å²) in [5, 5.41) is 3.12. The molecule has 0 spiro atoms. The number of nitrogens with zero attached hydrogens (tertiary/aromatic N) is 2. The highest BCUT2D eigenvalue weighted by Crippen LogP contribution is 2.29. The largest absolute Gasteiger partial charge is 0.333 e. The highest BCUT2D eigenvalue weighted by Gasteiger charge is 2.45. The van der Waals surface area contributed by atoms with Crippen LogP contribution < -0.4 is 10.2 Å². The van der Waals surface area contributed by atoms with Crippen molar-refractivity contribution in [3.05, 3.63) is 60.4 Å². The molecule has 0 aromatic heterocycles. The summed E-state index contributed by atoms with van der Waals surface area (Å²) in [5.41, 5.74) is 1.16. The van der Waals surface area contributed by atoms with Crippen molar-refractivity contribution in [3.63, 3.8) is 0 Å². The number of nitrogens with one attached hydrogen (secondary N) is 1. The summed E-state index contributed by atoms with van der Waals surface area (Å²) in [5.74, 6) is -0.951. The average Bonchev–Trinajstić information content (AvgIpc) is 2.87. The number of carbonyl (C=O) groups excluding carboxylic acids is 2. The zero-order valence-electron chi connectivity index (χ0n) is 15.1. The van der Waals surface area contributed by atoms with Crippen LogP contribution in [-0.4, -0.2) is 33.9 Å². The van der Waals surface area contributed by atoms with Crippen molar-refractivity contribution in [2.75, 3.05) is 10.2 Å². The monoisotopic (exact) mass is 385 g/mol. The van der Waals surface area contributed by atoms with Gasteiger partial charge in [-0.05, 0) is 62.5 Å². The van der Waals surface area contributed by atoms with E-state index in [2.05, 4.69) is 5.32 Å². The maximum atomic E-state index is 13.2. The summed E-state index contributed by atoms with van der Waals surface area (Å²) in [4.78, 5) is 28.6. The molecule has 5 nitrogen and oxygen atoms in total. The van der Waals surface area contributed by atoms with Crippen LogP contribution in [0.4, 0.5) is 15.8 Å². The van der Waals surface area contributed by atoms with E-state index in [1.54, 1.807) is 17.0 Å². The normalized spacial score (nSPS) is 17.0. The Bertz CT molecular complexity index is 855. The van der Waals surface area contributed by atoms with Gasteiger partial charge in [0.2, 0.25) is 5.91 Å². The van der Waals surface area contributed by atoms with Gasteiger partial charge in [-0.25, -0.2) is 4.39 Å². The first-order valence-electron chi connectivity index (χ1n) is 8.65. The van der Waals surface area contributed by atoms with Crippen LogP contribution in [0.1, 0.15) is 20.3 Å². The zero-order valence-corrected chi connectivity index (χ0v) is 15.9. The third-order valence-electron chi connectivity index (χ3n) is 4.33. The van der Waals surface area contributed by atoms with Crippen molar-refractivity contribution in [3.8, 4) is 0 Å². The van der Waals surface area contributed by atoms with Gasteiger partial charge in [0.1, 0.15) is 11.9 Å². The second kappa shape index (κ2) is 7.84. The van der Waals surface area contributed by atoms with Gasteiger partial charge in [0.05, 0.1) is 12.1 Å². The lowest BCUT2D eigenvalue weighted by Crippen LogP contribution is -2.42. The minimum atomic E-state index is -0.703. The van der Waals surface area contributed by atoms with Crippen LogP contribution in [0.5, 0.6) is 0 Å². The number of anilines is 2. The van der Waals surface area contributed by atoms with E-state index in [1.165, 1.54) is 29.2 Å². The van der Waals surface area contributed by atoms with Gasteiger partial charge in [-0.2, -0.15) is 0 Å². The summed E-state index contributed by atoms with van der Waals surface area (Å²) in [6, 6.07) is 13.9. The molecular weight excluding hydrogens is 365 g/mol. The van der Waals surface area contributed by atoms with Gasteiger partial charge in [0.25, 0.3) is 5.91 Å². The molecule has 2 aromatic rings. The van der Waals surface area contributed by atoms with Gasteiger partial charge in [0, 0.05) is 11.7 Å². The molecule has 1 aliphatic rings. The summed E-state index contributed by atoms with van der Waals surface area (Å²) in [6.07, 6.45) is -0.0241. The van der Waals surface area contributed by atoms with E-state index in [9.17, 15) is 14.0 Å². The Kier molecular flexibility index (Phi) is 5.51. The molecule has 2 amide bonds. The number of hydrogen-bond donors (Lipinski definition) is 1. The Morgan fingerprint density at radius 2 is 1.78 bits per heavy atom. The van der Waals surface area contributed by atoms with Crippen LogP contribution in [-0.2, 0) is 9.59 Å². The van der Waals surface area contributed by atoms with Gasteiger partial charge < -0.3 is 10.2 Å². The third-order valence-corrected chi connectivity index (χ3v) is 4.72. The van der Waals surface area contributed by atoms with Crippen LogP contribution in [0.2, 0.25) is 0 Å². The molecule has 1 heterocycles. The maximum Gasteiger partial charge on any atom is 0.256 e. The van der Waals surface area contributed by atoms with E-state index in [1.807, 2.05) is 32.0 Å². The van der Waals surface area contributed by atoms with Crippen molar-refractivity contribution in [1.29, 1.82) is 0 Å². The first kappa shape index (κ1) is 19.0. The van der Waals surface area contributed by atoms with Crippen LogP contribution in [0.15, 0.2) is 54.6 Å². The van der Waals surface area contributed by atoms with Gasteiger partial charge in [-0.15, -0.1) is 0 Å². The molecule has 3 rings (SSSR count). The van der Waals surface area contributed by atoms with Crippen molar-refractivity contribution < 1.29 is 14.0 Å². The molecule has 0 radical (unpaired) electrons. The molecule has 1 fully saturated rings. The number of thiocarbonyl (C=S) groups is 1. The summed E-state index contributed by atoms with van der Waals surface area (Å²) >= 11 is 5.50. The van der Waals surface area contributed by atoms with Crippen molar-refractivity contribution >= 4 is 40.5 Å². The zero-order chi connectivity index (χ0) is 19.6. The van der Waals surface area contributed by atoms with E-state index in [0.717, 1.165) is 0 Å². The molecule has 140 valence electrons. The lowest BCUT2D eigenvalue weighted by atomic mass is 10.1. The molecule has 1 saturated heterocycles. The third kappa shape index (κ3) is 3.98. The predicted molar refractivity (Wildman–Crippen MR) is 107 cm³/mol. The predicted octanol–water partition coefficient (Wildman–Crippen LogP) is 3.57. The number of rotatable bonds is 5. The number of hydrogen-bond acceptors (Lipinski definition) is 3. The molecule has 2 aromatic carbocycles. The fourth-order valence-electron chi connectivity index (χ4n) is 3.11. The van der Waals surface area contributed by atoms with E-state index in [0.29, 0.717) is 16.5 Å². The van der Waals surface area contributed by atoms with Crippen LogP contribution >= 0.6 is 12.2 Å². The Morgan fingerprint density at radius 3 is 2.37 bits per heavy atom. The van der Waals surface area contributed by atoms with E-state index >= 15 is 0 Å². The number of halogens is 1. The quantitative estimate of drug-likeness (QED) is 0.800. The van der Waals surface area contributed by atoms with Gasteiger partial charge in [-0.3, -0.25) is 14.5 Å². The Labute approximate surface area is 162 Å². The number of amides is 2. The first-order chi connectivity index (χ1) is 12.9. The van der Waals surface area contributed by atoms with Crippen molar-refractivity contribution in [1.82, 2.24) is 4.90 Å². The summed E-state index contributed by atoms with van der Waals surface area (Å²) in [6.45, 7) is 3.83. The summed E-state index contributed by atoms with van der Waals surface area (Å²) < 4.78 is 13.2. The smallest absolute Gasteiger partial charge is 0.256 e. The fourth-order valence-corrected chi connectivity index (χ4v) is 3.65. The number of benzene rings is 2. The molecule has 1 aliphatic heterocycles.